The highest BCUT2D eigenvalue weighted by Crippen LogP contribution is 2.31. The minimum Gasteiger partial charge on any atom is -0.352 e. The Morgan fingerprint density at radius 3 is 2.87 bits per heavy atom. The summed E-state index contributed by atoms with van der Waals surface area (Å²) < 4.78 is 0. The van der Waals surface area contributed by atoms with E-state index in [1.807, 2.05) is 24.4 Å². The zero-order valence-electron chi connectivity index (χ0n) is 17.5. The van der Waals surface area contributed by atoms with Gasteiger partial charge in [0.2, 0.25) is 0 Å². The largest absolute Gasteiger partial charge is 0.352 e. The molecule has 2 N–H and O–H groups in total. The third-order valence-corrected chi connectivity index (χ3v) is 6.03. The molecule has 154 valence electrons. The topological polar surface area (TPSA) is 70.2 Å². The summed E-state index contributed by atoms with van der Waals surface area (Å²) in [6, 6.07) is 13.1. The van der Waals surface area contributed by atoms with Crippen molar-refractivity contribution in [3.8, 4) is 11.1 Å². The molecule has 2 aromatic carbocycles. The van der Waals surface area contributed by atoms with Crippen molar-refractivity contribution >= 4 is 22.5 Å². The van der Waals surface area contributed by atoms with Gasteiger partial charge in [0, 0.05) is 48.1 Å². The maximum absolute atomic E-state index is 12.5. The van der Waals surface area contributed by atoms with Crippen LogP contribution in [0.3, 0.4) is 0 Å². The SMILES string of the molecule is Cc1ccc(C(=O)NC2CC2)cc1-c1ccc2c(N3CCN[C@@H](C)C3)nncc2c1. The average molecular weight is 402 g/mol. The van der Waals surface area contributed by atoms with E-state index >= 15 is 0 Å². The second-order valence-electron chi connectivity index (χ2n) is 8.55. The molecule has 0 bridgehead atoms. The molecule has 5 rings (SSSR count). The van der Waals surface area contributed by atoms with E-state index in [1.165, 1.54) is 0 Å². The van der Waals surface area contributed by atoms with Crippen LogP contribution < -0.4 is 15.5 Å². The van der Waals surface area contributed by atoms with Gasteiger partial charge in [-0.05, 0) is 67.6 Å². The molecule has 2 heterocycles. The number of hydrogen-bond donors (Lipinski definition) is 2. The minimum atomic E-state index is 0.0144. The fourth-order valence-electron chi connectivity index (χ4n) is 4.17. The van der Waals surface area contributed by atoms with Crippen molar-refractivity contribution < 1.29 is 4.79 Å². The number of aromatic nitrogens is 2. The van der Waals surface area contributed by atoms with Crippen LogP contribution in [0.1, 0.15) is 35.7 Å². The predicted octanol–water partition coefficient (Wildman–Crippen LogP) is 3.30. The zero-order valence-corrected chi connectivity index (χ0v) is 17.5. The highest BCUT2D eigenvalue weighted by Gasteiger charge is 2.24. The smallest absolute Gasteiger partial charge is 0.251 e. The van der Waals surface area contributed by atoms with Gasteiger partial charge in [0.25, 0.3) is 5.91 Å². The van der Waals surface area contributed by atoms with Crippen LogP contribution in [0.25, 0.3) is 21.9 Å². The molecule has 30 heavy (non-hydrogen) atoms. The number of benzene rings is 2. The number of fused-ring (bicyclic) bond motifs is 1. The van der Waals surface area contributed by atoms with Gasteiger partial charge in [-0.1, -0.05) is 12.1 Å². The first-order valence-corrected chi connectivity index (χ1v) is 10.7. The second-order valence-corrected chi connectivity index (χ2v) is 8.55. The Balaban J connectivity index is 1.50. The van der Waals surface area contributed by atoms with Gasteiger partial charge in [0.1, 0.15) is 0 Å². The Bertz CT molecular complexity index is 1110. The highest BCUT2D eigenvalue weighted by molar-refractivity contribution is 5.98. The van der Waals surface area contributed by atoms with Gasteiger partial charge >= 0.3 is 0 Å². The van der Waals surface area contributed by atoms with Crippen molar-refractivity contribution in [3.63, 3.8) is 0 Å². The zero-order chi connectivity index (χ0) is 20.7. The van der Waals surface area contributed by atoms with E-state index < -0.39 is 0 Å². The summed E-state index contributed by atoms with van der Waals surface area (Å²) in [5.74, 6) is 0.960. The van der Waals surface area contributed by atoms with Crippen molar-refractivity contribution in [2.24, 2.45) is 0 Å². The van der Waals surface area contributed by atoms with E-state index in [0.29, 0.717) is 17.6 Å². The van der Waals surface area contributed by atoms with Crippen molar-refractivity contribution in [1.29, 1.82) is 0 Å². The Labute approximate surface area is 176 Å². The highest BCUT2D eigenvalue weighted by atomic mass is 16.1. The number of nitrogens with one attached hydrogen (secondary N) is 2. The van der Waals surface area contributed by atoms with E-state index in [0.717, 1.165) is 65.8 Å². The monoisotopic (exact) mass is 401 g/mol. The van der Waals surface area contributed by atoms with E-state index in [1.54, 1.807) is 0 Å². The number of carbonyl (C=O) groups excluding carboxylic acids is 1. The van der Waals surface area contributed by atoms with Gasteiger partial charge in [-0.2, -0.15) is 5.10 Å². The van der Waals surface area contributed by atoms with Crippen LogP contribution in [-0.4, -0.2) is 47.8 Å². The first-order chi connectivity index (χ1) is 14.6. The van der Waals surface area contributed by atoms with E-state index in [4.69, 9.17) is 0 Å². The van der Waals surface area contributed by atoms with Gasteiger partial charge in [0.05, 0.1) is 6.20 Å². The maximum Gasteiger partial charge on any atom is 0.251 e. The number of piperazine rings is 1. The second kappa shape index (κ2) is 7.69. The summed E-state index contributed by atoms with van der Waals surface area (Å²) in [5.41, 5.74) is 4.03. The summed E-state index contributed by atoms with van der Waals surface area (Å²) in [6.45, 7) is 7.08. The van der Waals surface area contributed by atoms with Gasteiger partial charge in [-0.15, -0.1) is 5.10 Å². The van der Waals surface area contributed by atoms with Crippen LogP contribution in [0.4, 0.5) is 5.82 Å². The predicted molar refractivity (Wildman–Crippen MR) is 120 cm³/mol. The molecule has 1 aliphatic carbocycles. The van der Waals surface area contributed by atoms with Gasteiger partial charge in [0.15, 0.2) is 5.82 Å². The first kappa shape index (κ1) is 19.0. The van der Waals surface area contributed by atoms with E-state index in [-0.39, 0.29) is 5.91 Å². The number of rotatable bonds is 4. The Morgan fingerprint density at radius 2 is 2.07 bits per heavy atom. The lowest BCUT2D eigenvalue weighted by Gasteiger charge is -2.33. The van der Waals surface area contributed by atoms with E-state index in [9.17, 15) is 4.79 Å². The van der Waals surface area contributed by atoms with Crippen LogP contribution in [0, 0.1) is 6.92 Å². The third-order valence-electron chi connectivity index (χ3n) is 6.03. The summed E-state index contributed by atoms with van der Waals surface area (Å²) in [4.78, 5) is 14.8. The standard InChI is InChI=1S/C24H27N5O/c1-15-3-4-18(24(30)27-20-6-7-20)12-22(15)17-5-8-21-19(11-17)13-26-28-23(21)29-10-9-25-16(2)14-29/h3-5,8,11-13,16,20,25H,6-7,9-10,14H2,1-2H3,(H,27,30)/t16-/m0/s1. The fraction of sp³-hybridized carbons (Fsp3) is 0.375. The quantitative estimate of drug-likeness (QED) is 0.702. The molecule has 2 fully saturated rings. The molecule has 1 aromatic heterocycles. The summed E-state index contributed by atoms with van der Waals surface area (Å²) in [7, 11) is 0. The van der Waals surface area contributed by atoms with Crippen LogP contribution in [0.2, 0.25) is 0 Å². The van der Waals surface area contributed by atoms with Gasteiger partial charge in [-0.3, -0.25) is 4.79 Å². The molecule has 0 spiro atoms. The van der Waals surface area contributed by atoms with Gasteiger partial charge < -0.3 is 15.5 Å². The molecule has 2 aliphatic rings. The van der Waals surface area contributed by atoms with Crippen molar-refractivity contribution in [1.82, 2.24) is 20.8 Å². The molecule has 1 amide bonds. The molecule has 1 atom stereocenters. The summed E-state index contributed by atoms with van der Waals surface area (Å²) in [5, 5.41) is 17.5. The Morgan fingerprint density at radius 1 is 1.20 bits per heavy atom. The van der Waals surface area contributed by atoms with Crippen LogP contribution in [0.5, 0.6) is 0 Å². The molecule has 1 saturated carbocycles. The van der Waals surface area contributed by atoms with Gasteiger partial charge in [-0.25, -0.2) is 0 Å². The number of anilines is 1. The van der Waals surface area contributed by atoms with Crippen molar-refractivity contribution in [2.45, 2.75) is 38.8 Å². The Kier molecular flexibility index (Phi) is 4.87. The molecule has 1 saturated heterocycles. The fourth-order valence-corrected chi connectivity index (χ4v) is 4.17. The molecule has 6 heteroatoms. The molecular formula is C24H27N5O. The lowest BCUT2D eigenvalue weighted by atomic mass is 9.96. The van der Waals surface area contributed by atoms with Crippen LogP contribution >= 0.6 is 0 Å². The third kappa shape index (κ3) is 3.75. The summed E-state index contributed by atoms with van der Waals surface area (Å²) in [6.07, 6.45) is 4.00. The van der Waals surface area contributed by atoms with Crippen LogP contribution in [-0.2, 0) is 0 Å². The lowest BCUT2D eigenvalue weighted by Crippen LogP contribution is -2.49. The van der Waals surface area contributed by atoms with Crippen molar-refractivity contribution in [3.05, 3.63) is 53.7 Å². The molecule has 1 aliphatic heterocycles. The van der Waals surface area contributed by atoms with Crippen LogP contribution in [0.15, 0.2) is 42.6 Å². The van der Waals surface area contributed by atoms with Crippen molar-refractivity contribution in [2.75, 3.05) is 24.5 Å². The Hall–Kier alpha value is -2.99. The molecule has 0 radical (unpaired) electrons. The molecule has 6 nitrogen and oxygen atoms in total. The number of carbonyl (C=O) groups is 1. The molecule has 3 aromatic rings. The minimum absolute atomic E-state index is 0.0144. The molecular weight excluding hydrogens is 374 g/mol. The number of aryl methyl sites for hydroxylation is 1. The summed E-state index contributed by atoms with van der Waals surface area (Å²) >= 11 is 0. The maximum atomic E-state index is 12.5. The number of amides is 1. The average Bonchev–Trinajstić information content (AvgIpc) is 3.57. The normalized spacial score (nSPS) is 19.1. The number of nitrogens with zero attached hydrogens (tertiary/aromatic N) is 3. The lowest BCUT2D eigenvalue weighted by molar-refractivity contribution is 0.0951. The van der Waals surface area contributed by atoms with E-state index in [2.05, 4.69) is 57.8 Å². The first-order valence-electron chi connectivity index (χ1n) is 10.7. The molecule has 0 unspecified atom stereocenters. The number of hydrogen-bond acceptors (Lipinski definition) is 5.